The van der Waals surface area contributed by atoms with Crippen LogP contribution in [0.15, 0.2) is 36.4 Å². The molecule has 0 spiro atoms. The Morgan fingerprint density at radius 3 is 2.32 bits per heavy atom. The summed E-state index contributed by atoms with van der Waals surface area (Å²) in [5, 5.41) is 8.37. The fourth-order valence-corrected chi connectivity index (χ4v) is 2.79. The largest absolute Gasteiger partial charge is 0.573 e. The Hall–Kier alpha value is -3.23. The quantitative estimate of drug-likeness (QED) is 0.735. The highest BCUT2D eigenvalue weighted by atomic mass is 19.4. The van der Waals surface area contributed by atoms with Crippen molar-refractivity contribution in [3.8, 4) is 5.75 Å². The zero-order valence-electron chi connectivity index (χ0n) is 15.1. The van der Waals surface area contributed by atoms with E-state index in [1.165, 1.54) is 12.1 Å². The van der Waals surface area contributed by atoms with E-state index in [-0.39, 0.29) is 18.1 Å². The molecule has 0 aromatic heterocycles. The van der Waals surface area contributed by atoms with Crippen molar-refractivity contribution in [3.05, 3.63) is 47.5 Å². The van der Waals surface area contributed by atoms with Crippen molar-refractivity contribution in [1.82, 2.24) is 0 Å². The molecule has 2 amide bonds. The number of rotatable bonds is 4. The van der Waals surface area contributed by atoms with Gasteiger partial charge in [-0.1, -0.05) is 0 Å². The lowest BCUT2D eigenvalue weighted by molar-refractivity contribution is -0.274. The van der Waals surface area contributed by atoms with Gasteiger partial charge < -0.3 is 20.7 Å². The van der Waals surface area contributed by atoms with Crippen LogP contribution >= 0.6 is 0 Å². The Morgan fingerprint density at radius 1 is 1.11 bits per heavy atom. The minimum absolute atomic E-state index is 0.140. The van der Waals surface area contributed by atoms with Crippen molar-refractivity contribution in [2.24, 2.45) is 0 Å². The Kier molecular flexibility index (Phi) is 5.17. The molecule has 1 heterocycles. The molecule has 0 aliphatic carbocycles. The van der Waals surface area contributed by atoms with Gasteiger partial charge in [-0.05, 0) is 61.4 Å². The van der Waals surface area contributed by atoms with Crippen molar-refractivity contribution in [2.45, 2.75) is 32.7 Å². The molecule has 1 aliphatic heterocycles. The summed E-state index contributed by atoms with van der Waals surface area (Å²) in [6.07, 6.45) is -4.92. The van der Waals surface area contributed by atoms with Crippen LogP contribution in [-0.2, 0) is 9.59 Å². The predicted octanol–water partition coefficient (Wildman–Crippen LogP) is 3.96. The molecule has 6 nitrogen and oxygen atoms in total. The highest BCUT2D eigenvalue weighted by Crippen LogP contribution is 2.30. The average molecular weight is 393 g/mol. The van der Waals surface area contributed by atoms with Gasteiger partial charge in [-0.25, -0.2) is 0 Å². The van der Waals surface area contributed by atoms with Crippen LogP contribution in [0.1, 0.15) is 17.5 Å². The summed E-state index contributed by atoms with van der Waals surface area (Å²) in [5.74, 6) is -1.18. The molecule has 148 valence electrons. The van der Waals surface area contributed by atoms with Crippen molar-refractivity contribution < 1.29 is 27.5 Å². The number of halogens is 3. The summed E-state index contributed by atoms with van der Waals surface area (Å²) < 4.78 is 40.3. The number of ether oxygens (including phenoxy) is 1. The molecule has 0 saturated carbocycles. The Balaban J connectivity index is 1.61. The van der Waals surface area contributed by atoms with Gasteiger partial charge in [0.2, 0.25) is 11.8 Å². The highest BCUT2D eigenvalue weighted by Gasteiger charge is 2.31. The first kappa shape index (κ1) is 19.5. The third-order valence-electron chi connectivity index (χ3n) is 4.30. The van der Waals surface area contributed by atoms with Gasteiger partial charge in [0.25, 0.3) is 0 Å². The van der Waals surface area contributed by atoms with E-state index >= 15 is 0 Å². The second-order valence-electron chi connectivity index (χ2n) is 6.49. The second-order valence-corrected chi connectivity index (χ2v) is 6.49. The summed E-state index contributed by atoms with van der Waals surface area (Å²) in [5.41, 5.74) is 3.77. The van der Waals surface area contributed by atoms with Crippen LogP contribution in [0.3, 0.4) is 0 Å². The zero-order valence-corrected chi connectivity index (χ0v) is 15.1. The van der Waals surface area contributed by atoms with Gasteiger partial charge in [0, 0.05) is 5.69 Å². The molecule has 1 unspecified atom stereocenters. The number of amides is 2. The number of anilines is 3. The van der Waals surface area contributed by atoms with E-state index in [9.17, 15) is 22.8 Å². The molecule has 0 bridgehead atoms. The molecule has 0 saturated heterocycles. The molecule has 2 aromatic carbocycles. The smallest absolute Gasteiger partial charge is 0.406 e. The van der Waals surface area contributed by atoms with E-state index in [1.54, 1.807) is 0 Å². The van der Waals surface area contributed by atoms with E-state index in [2.05, 4.69) is 20.7 Å². The maximum atomic E-state index is 12.2. The van der Waals surface area contributed by atoms with Gasteiger partial charge in [0.15, 0.2) is 0 Å². The third-order valence-corrected chi connectivity index (χ3v) is 4.30. The molecule has 1 aliphatic rings. The van der Waals surface area contributed by atoms with Crippen molar-refractivity contribution >= 4 is 28.9 Å². The molecular formula is C19H18F3N3O3. The van der Waals surface area contributed by atoms with Gasteiger partial charge >= 0.3 is 6.36 Å². The minimum Gasteiger partial charge on any atom is -0.406 e. The highest BCUT2D eigenvalue weighted by molar-refractivity contribution is 6.06. The third kappa shape index (κ3) is 4.73. The van der Waals surface area contributed by atoms with Crippen LogP contribution in [-0.4, -0.2) is 24.2 Å². The van der Waals surface area contributed by atoms with Crippen LogP contribution in [0.2, 0.25) is 0 Å². The minimum atomic E-state index is -4.78. The first-order valence-corrected chi connectivity index (χ1v) is 8.45. The van der Waals surface area contributed by atoms with Gasteiger partial charge in [-0.2, -0.15) is 0 Å². The maximum absolute atomic E-state index is 12.2. The summed E-state index contributed by atoms with van der Waals surface area (Å²) in [6, 6.07) is 7.75. The van der Waals surface area contributed by atoms with Crippen LogP contribution < -0.4 is 20.7 Å². The summed E-state index contributed by atoms with van der Waals surface area (Å²) in [4.78, 5) is 24.5. The molecule has 0 fully saturated rings. The standard InChI is InChI=1S/C19H18F3N3O3/c1-10-7-14-15(8-11(10)2)25-18(27)16(24-14)9-17(26)23-12-3-5-13(6-4-12)28-19(20,21)22/h3-8,16,24H,9H2,1-2H3,(H,23,26)(H,25,27). The topological polar surface area (TPSA) is 79.5 Å². The lowest BCUT2D eigenvalue weighted by Crippen LogP contribution is -2.41. The Bertz CT molecular complexity index is 911. The number of nitrogens with one attached hydrogen (secondary N) is 3. The number of aryl methyl sites for hydroxylation is 2. The lowest BCUT2D eigenvalue weighted by atomic mass is 10.0. The van der Waals surface area contributed by atoms with E-state index in [1.807, 2.05) is 26.0 Å². The van der Waals surface area contributed by atoms with Crippen molar-refractivity contribution in [2.75, 3.05) is 16.0 Å². The summed E-state index contributed by atoms with van der Waals surface area (Å²) in [7, 11) is 0. The zero-order chi connectivity index (χ0) is 20.5. The molecule has 2 aromatic rings. The van der Waals surface area contributed by atoms with Gasteiger partial charge in [0.1, 0.15) is 11.8 Å². The molecule has 1 atom stereocenters. The first-order chi connectivity index (χ1) is 13.1. The fourth-order valence-electron chi connectivity index (χ4n) is 2.79. The molecule has 3 rings (SSSR count). The van der Waals surface area contributed by atoms with Gasteiger partial charge in [0.05, 0.1) is 17.8 Å². The van der Waals surface area contributed by atoms with Crippen molar-refractivity contribution in [1.29, 1.82) is 0 Å². The Labute approximate surface area is 159 Å². The van der Waals surface area contributed by atoms with Crippen LogP contribution in [0.5, 0.6) is 5.75 Å². The van der Waals surface area contributed by atoms with Crippen LogP contribution in [0.4, 0.5) is 30.2 Å². The first-order valence-electron chi connectivity index (χ1n) is 8.45. The predicted molar refractivity (Wildman–Crippen MR) is 98.3 cm³/mol. The molecule has 28 heavy (non-hydrogen) atoms. The van der Waals surface area contributed by atoms with Crippen LogP contribution in [0, 0.1) is 13.8 Å². The molecular weight excluding hydrogens is 375 g/mol. The molecule has 3 N–H and O–H groups in total. The number of hydrogen-bond donors (Lipinski definition) is 3. The summed E-state index contributed by atoms with van der Waals surface area (Å²) in [6.45, 7) is 3.88. The van der Waals surface area contributed by atoms with E-state index in [0.717, 1.165) is 28.9 Å². The molecule has 9 heteroatoms. The Morgan fingerprint density at radius 2 is 1.71 bits per heavy atom. The average Bonchev–Trinajstić information content (AvgIpc) is 2.58. The van der Waals surface area contributed by atoms with E-state index < -0.39 is 18.3 Å². The number of hydrogen-bond acceptors (Lipinski definition) is 4. The monoisotopic (exact) mass is 393 g/mol. The number of carbonyl (C=O) groups is 2. The van der Waals surface area contributed by atoms with Crippen LogP contribution in [0.25, 0.3) is 0 Å². The SMILES string of the molecule is Cc1cc2c(cc1C)NC(CC(=O)Nc1ccc(OC(F)(F)F)cc1)C(=O)N2. The lowest BCUT2D eigenvalue weighted by Gasteiger charge is -2.27. The van der Waals surface area contributed by atoms with Crippen molar-refractivity contribution in [3.63, 3.8) is 0 Å². The number of alkyl halides is 3. The molecule has 0 radical (unpaired) electrons. The number of carbonyl (C=O) groups excluding carboxylic acids is 2. The van der Waals surface area contributed by atoms with Gasteiger partial charge in [-0.15, -0.1) is 13.2 Å². The maximum Gasteiger partial charge on any atom is 0.573 e. The number of benzene rings is 2. The van der Waals surface area contributed by atoms with E-state index in [0.29, 0.717) is 11.4 Å². The summed E-state index contributed by atoms with van der Waals surface area (Å²) >= 11 is 0. The second kappa shape index (κ2) is 7.41. The normalized spacial score (nSPS) is 15.9. The number of fused-ring (bicyclic) bond motifs is 1. The fraction of sp³-hybridized carbons (Fsp3) is 0.263. The van der Waals surface area contributed by atoms with E-state index in [4.69, 9.17) is 0 Å². The van der Waals surface area contributed by atoms with Gasteiger partial charge in [-0.3, -0.25) is 9.59 Å².